The summed E-state index contributed by atoms with van der Waals surface area (Å²) in [6.07, 6.45) is 3.67. The summed E-state index contributed by atoms with van der Waals surface area (Å²) in [6, 6.07) is 118. The highest BCUT2D eigenvalue weighted by molar-refractivity contribution is 5.98. The maximum Gasteiger partial charge on any atom is 0.160 e. The third-order valence-electron chi connectivity index (χ3n) is 20.9. The molecule has 4 aromatic heterocycles. The second kappa shape index (κ2) is 21.8. The number of aromatic nitrogens is 6. The zero-order valence-corrected chi connectivity index (χ0v) is 53.0. The van der Waals surface area contributed by atoms with Gasteiger partial charge in [-0.3, -0.25) is 9.97 Å². The fraction of sp³-hybridized carbons (Fsp3) is 0.0217. The van der Waals surface area contributed by atoms with Crippen molar-refractivity contribution in [3.8, 4) is 146 Å². The molecule has 0 bridgehead atoms. The van der Waals surface area contributed by atoms with Crippen LogP contribution in [0.2, 0.25) is 0 Å². The lowest BCUT2D eigenvalue weighted by Gasteiger charge is -2.30. The van der Waals surface area contributed by atoms with Gasteiger partial charge in [0.05, 0.1) is 45.0 Å². The van der Waals surface area contributed by atoms with Crippen LogP contribution in [0.1, 0.15) is 44.5 Å². The van der Waals surface area contributed by atoms with E-state index >= 15 is 0 Å². The highest BCUT2D eigenvalue weighted by Crippen LogP contribution is 2.65. The summed E-state index contributed by atoms with van der Waals surface area (Å²) >= 11 is 0. The highest BCUT2D eigenvalue weighted by Gasteiger charge is 2.53. The van der Waals surface area contributed by atoms with Crippen molar-refractivity contribution in [2.45, 2.75) is 10.8 Å². The summed E-state index contributed by atoms with van der Waals surface area (Å²) in [4.78, 5) is 31.2. The lowest BCUT2D eigenvalue weighted by molar-refractivity contribution is 0.794. The molecule has 0 radical (unpaired) electrons. The van der Waals surface area contributed by atoms with Gasteiger partial charge in [0, 0.05) is 56.9 Å². The van der Waals surface area contributed by atoms with Crippen LogP contribution in [0.15, 0.2) is 340 Å². The summed E-state index contributed by atoms with van der Waals surface area (Å²) < 4.78 is 0. The molecule has 0 aliphatic heterocycles. The molecule has 20 rings (SSSR count). The van der Waals surface area contributed by atoms with E-state index in [0.29, 0.717) is 11.6 Å². The molecular formula is C92H56N6. The maximum absolute atomic E-state index is 5.49. The Kier molecular flexibility index (Phi) is 12.4. The first-order valence-corrected chi connectivity index (χ1v) is 33.5. The summed E-state index contributed by atoms with van der Waals surface area (Å²) in [5.74, 6) is 1.32. The van der Waals surface area contributed by atoms with Gasteiger partial charge < -0.3 is 0 Å². The van der Waals surface area contributed by atoms with E-state index in [1.165, 1.54) is 89.0 Å². The van der Waals surface area contributed by atoms with Crippen molar-refractivity contribution >= 4 is 0 Å². The van der Waals surface area contributed by atoms with Gasteiger partial charge in [0.15, 0.2) is 11.6 Å². The SMILES string of the molecule is c1ccc(-c2ccc(-c3cc(-c4ccc(-c5ccc(-c6cc(-c7ccc(-c8ccccn8)cc7)nc(-c7ccc8c(c7)C7(c9ccccc9-c9ccccc97)c7ccccc7-8)n6)cc5)cc4)nc(-c4ccc5c(c4)C4(c6ccccc6-c6ccccc64)c4ccccc4-5)n3)cc2)nc1. The molecular weight excluding hydrogens is 1190 g/mol. The summed E-state index contributed by atoms with van der Waals surface area (Å²) in [5.41, 5.74) is 34.6. The third kappa shape index (κ3) is 8.34. The Morgan fingerprint density at radius 1 is 0.163 bits per heavy atom. The minimum absolute atomic E-state index is 0.502. The van der Waals surface area contributed by atoms with Crippen LogP contribution in [-0.2, 0) is 10.8 Å². The number of nitrogens with zero attached hydrogens (tertiary/aromatic N) is 6. The molecule has 4 heterocycles. The number of benzene rings is 12. The van der Waals surface area contributed by atoms with Gasteiger partial charge >= 0.3 is 0 Å². The molecule has 6 heteroatoms. The van der Waals surface area contributed by atoms with Crippen molar-refractivity contribution in [3.63, 3.8) is 0 Å². The lowest BCUT2D eigenvalue weighted by Crippen LogP contribution is -2.25. The van der Waals surface area contributed by atoms with Gasteiger partial charge in [-0.2, -0.15) is 0 Å². The van der Waals surface area contributed by atoms with Crippen LogP contribution in [0, 0.1) is 0 Å². The van der Waals surface area contributed by atoms with Gasteiger partial charge in [-0.25, -0.2) is 19.9 Å². The Morgan fingerprint density at radius 3 is 0.653 bits per heavy atom. The second-order valence-corrected chi connectivity index (χ2v) is 26.0. The zero-order chi connectivity index (χ0) is 64.5. The first-order valence-electron chi connectivity index (χ1n) is 33.5. The van der Waals surface area contributed by atoms with Crippen LogP contribution in [0.25, 0.3) is 146 Å². The Bertz CT molecular complexity index is 5410. The Balaban J connectivity index is 0.675. The van der Waals surface area contributed by atoms with Crippen molar-refractivity contribution in [2.24, 2.45) is 0 Å². The lowest BCUT2D eigenvalue weighted by atomic mass is 9.70. The third-order valence-corrected chi connectivity index (χ3v) is 20.9. The molecule has 16 aromatic rings. The normalized spacial score (nSPS) is 13.3. The minimum Gasteiger partial charge on any atom is -0.256 e. The van der Waals surface area contributed by atoms with Gasteiger partial charge in [0.2, 0.25) is 0 Å². The van der Waals surface area contributed by atoms with E-state index in [9.17, 15) is 0 Å². The fourth-order valence-electron chi connectivity index (χ4n) is 16.6. The molecule has 4 aliphatic rings. The number of fused-ring (bicyclic) bond motifs is 20. The molecule has 0 saturated carbocycles. The molecule has 0 unspecified atom stereocenters. The molecule has 454 valence electrons. The molecule has 98 heavy (non-hydrogen) atoms. The second-order valence-electron chi connectivity index (χ2n) is 26.0. The van der Waals surface area contributed by atoms with Crippen LogP contribution >= 0.6 is 0 Å². The minimum atomic E-state index is -0.502. The van der Waals surface area contributed by atoms with Gasteiger partial charge in [-0.05, 0) is 149 Å². The quantitative estimate of drug-likeness (QED) is 0.143. The standard InChI is InChI=1S/C92H56N6/c1-7-23-75-67(17-1)68-18-2-8-24-76(68)91(75)79-27-11-5-21-71(79)73-49-47-65(53-81(73)91)89-95-85(55-87(97-89)63-43-39-59(40-44-63)83-29-13-15-51-93-83)61-35-31-57(32-36-61)58-33-37-62(38-34-58)86-56-88(64-45-41-60(42-46-64)84-30-14-16-52-94-84)98-90(96-86)66-48-50-74-72-22-6-12-28-80(72)92(82(74)54-66)77-25-9-3-19-69(77)70-20-4-10-26-78(70)92/h1-56H. The van der Waals surface area contributed by atoms with E-state index in [1.54, 1.807) is 0 Å². The topological polar surface area (TPSA) is 77.3 Å². The predicted molar refractivity (Wildman–Crippen MR) is 395 cm³/mol. The zero-order valence-electron chi connectivity index (χ0n) is 53.0. The van der Waals surface area contributed by atoms with E-state index < -0.39 is 10.8 Å². The predicted octanol–water partition coefficient (Wildman–Crippen LogP) is 21.7. The fourth-order valence-corrected chi connectivity index (χ4v) is 16.6. The van der Waals surface area contributed by atoms with Crippen molar-refractivity contribution in [1.82, 2.24) is 29.9 Å². The van der Waals surface area contributed by atoms with E-state index in [4.69, 9.17) is 19.9 Å². The van der Waals surface area contributed by atoms with E-state index in [1.807, 2.05) is 48.8 Å². The smallest absolute Gasteiger partial charge is 0.160 e. The maximum atomic E-state index is 5.49. The molecule has 0 amide bonds. The number of pyridine rings is 2. The summed E-state index contributed by atoms with van der Waals surface area (Å²) in [6.45, 7) is 0. The van der Waals surface area contributed by atoms with E-state index in [2.05, 4.69) is 301 Å². The van der Waals surface area contributed by atoms with Crippen LogP contribution < -0.4 is 0 Å². The Hall–Kier alpha value is -12.9. The van der Waals surface area contributed by atoms with Gasteiger partial charge in [-0.15, -0.1) is 0 Å². The number of hydrogen-bond donors (Lipinski definition) is 0. The average Bonchev–Trinajstić information content (AvgIpc) is 1.52. The van der Waals surface area contributed by atoms with Crippen molar-refractivity contribution in [3.05, 3.63) is 384 Å². The molecule has 0 saturated heterocycles. The number of rotatable bonds is 9. The molecule has 6 nitrogen and oxygen atoms in total. The molecule has 0 N–H and O–H groups in total. The first kappa shape index (κ1) is 55.5. The largest absolute Gasteiger partial charge is 0.256 e. The van der Waals surface area contributed by atoms with Crippen molar-refractivity contribution in [1.29, 1.82) is 0 Å². The molecule has 4 aliphatic carbocycles. The van der Waals surface area contributed by atoms with E-state index in [0.717, 1.165) is 89.8 Å². The Labute approximate surface area is 567 Å². The number of hydrogen-bond acceptors (Lipinski definition) is 6. The van der Waals surface area contributed by atoms with Gasteiger partial charge in [-0.1, -0.05) is 279 Å². The monoisotopic (exact) mass is 1240 g/mol. The molecule has 0 fully saturated rings. The van der Waals surface area contributed by atoms with Crippen LogP contribution in [-0.4, -0.2) is 29.9 Å². The van der Waals surface area contributed by atoms with Crippen molar-refractivity contribution < 1.29 is 0 Å². The van der Waals surface area contributed by atoms with Gasteiger partial charge in [0.1, 0.15) is 0 Å². The van der Waals surface area contributed by atoms with Gasteiger partial charge in [0.25, 0.3) is 0 Å². The molecule has 0 atom stereocenters. The van der Waals surface area contributed by atoms with E-state index in [-0.39, 0.29) is 0 Å². The Morgan fingerprint density at radius 2 is 0.388 bits per heavy atom. The van der Waals surface area contributed by atoms with Crippen molar-refractivity contribution in [2.75, 3.05) is 0 Å². The summed E-state index contributed by atoms with van der Waals surface area (Å²) in [5, 5.41) is 0. The average molecular weight is 1250 g/mol. The van der Waals surface area contributed by atoms with Crippen LogP contribution in [0.4, 0.5) is 0 Å². The highest BCUT2D eigenvalue weighted by atomic mass is 14.9. The first-order chi connectivity index (χ1) is 48.5. The van der Waals surface area contributed by atoms with Crippen LogP contribution in [0.5, 0.6) is 0 Å². The molecule has 2 spiro atoms. The van der Waals surface area contributed by atoms with Crippen LogP contribution in [0.3, 0.4) is 0 Å². The summed E-state index contributed by atoms with van der Waals surface area (Å²) in [7, 11) is 0. The molecule has 12 aromatic carbocycles.